The van der Waals surface area contributed by atoms with E-state index in [4.69, 9.17) is 10.8 Å². The lowest BCUT2D eigenvalue weighted by Crippen LogP contribution is -2.40. The van der Waals surface area contributed by atoms with Crippen LogP contribution in [0.3, 0.4) is 0 Å². The van der Waals surface area contributed by atoms with Gasteiger partial charge in [-0.1, -0.05) is 6.92 Å². The number of hydrogen-bond acceptors (Lipinski definition) is 3. The quantitative estimate of drug-likeness (QED) is 0.737. The Morgan fingerprint density at radius 2 is 2.18 bits per heavy atom. The van der Waals surface area contributed by atoms with Gasteiger partial charge in [-0.25, -0.2) is 4.79 Å². The number of carboxylic acid groups (broad SMARTS) is 1. The maximum Gasteiger partial charge on any atom is 0.326 e. The van der Waals surface area contributed by atoms with E-state index in [0.717, 1.165) is 0 Å². The highest BCUT2D eigenvalue weighted by Crippen LogP contribution is 2.19. The molecule has 6 heteroatoms. The van der Waals surface area contributed by atoms with Crippen LogP contribution in [0.1, 0.15) is 23.7 Å². The van der Waals surface area contributed by atoms with Crippen molar-refractivity contribution in [1.29, 1.82) is 0 Å². The van der Waals surface area contributed by atoms with Crippen LogP contribution in [-0.4, -0.2) is 23.0 Å². The first-order valence-corrected chi connectivity index (χ1v) is 5.83. The van der Waals surface area contributed by atoms with Gasteiger partial charge in [0, 0.05) is 10.2 Å². The minimum atomic E-state index is -1.05. The third kappa shape index (κ3) is 3.45. The van der Waals surface area contributed by atoms with Gasteiger partial charge in [0.1, 0.15) is 6.04 Å². The standard InChI is InChI=1S/C11H13BrN2O3/c1-2-9(11(16)17)14-10(15)7-5-6(13)3-4-8(7)12/h3-5,9H,2,13H2,1H3,(H,14,15)(H,16,17). The number of hydrogen-bond donors (Lipinski definition) is 3. The summed E-state index contributed by atoms with van der Waals surface area (Å²) in [6, 6.07) is 3.89. The number of nitrogens with one attached hydrogen (secondary N) is 1. The molecule has 0 saturated heterocycles. The number of carboxylic acids is 1. The molecule has 17 heavy (non-hydrogen) atoms. The van der Waals surface area contributed by atoms with Gasteiger partial charge in [0.05, 0.1) is 5.56 Å². The number of aliphatic carboxylic acids is 1. The molecule has 1 aromatic carbocycles. The average Bonchev–Trinajstić information content (AvgIpc) is 2.28. The van der Waals surface area contributed by atoms with Crippen LogP contribution in [0.4, 0.5) is 5.69 Å². The average molecular weight is 301 g/mol. The summed E-state index contributed by atoms with van der Waals surface area (Å²) in [5.41, 5.74) is 6.34. The molecule has 1 atom stereocenters. The zero-order chi connectivity index (χ0) is 13.0. The summed E-state index contributed by atoms with van der Waals surface area (Å²) in [6.07, 6.45) is 0.320. The number of nitrogens with two attached hydrogens (primary N) is 1. The van der Waals surface area contributed by atoms with Crippen LogP contribution in [0.2, 0.25) is 0 Å². The van der Waals surface area contributed by atoms with Gasteiger partial charge in [-0.05, 0) is 40.5 Å². The molecule has 1 unspecified atom stereocenters. The molecule has 4 N–H and O–H groups in total. The minimum absolute atomic E-state index is 0.320. The van der Waals surface area contributed by atoms with Crippen LogP contribution < -0.4 is 11.1 Å². The molecule has 0 bridgehead atoms. The summed E-state index contributed by atoms with van der Waals surface area (Å²) < 4.78 is 0.574. The van der Waals surface area contributed by atoms with Gasteiger partial charge >= 0.3 is 5.97 Å². The summed E-state index contributed by atoms with van der Waals surface area (Å²) in [7, 11) is 0. The van der Waals surface area contributed by atoms with Crippen molar-refractivity contribution in [2.75, 3.05) is 5.73 Å². The van der Waals surface area contributed by atoms with Crippen molar-refractivity contribution in [2.24, 2.45) is 0 Å². The largest absolute Gasteiger partial charge is 0.480 e. The lowest BCUT2D eigenvalue weighted by Gasteiger charge is -2.13. The molecule has 5 nitrogen and oxygen atoms in total. The summed E-state index contributed by atoms with van der Waals surface area (Å²) in [6.45, 7) is 1.69. The van der Waals surface area contributed by atoms with Gasteiger partial charge in [-0.2, -0.15) is 0 Å². The van der Waals surface area contributed by atoms with Gasteiger partial charge in [0.25, 0.3) is 5.91 Å². The van der Waals surface area contributed by atoms with E-state index in [2.05, 4.69) is 21.2 Å². The molecule has 1 rings (SSSR count). The molecule has 0 aliphatic rings. The number of carbonyl (C=O) groups is 2. The molecule has 92 valence electrons. The number of benzene rings is 1. The Morgan fingerprint density at radius 3 is 2.71 bits per heavy atom. The van der Waals surface area contributed by atoms with Gasteiger partial charge < -0.3 is 16.2 Å². The summed E-state index contributed by atoms with van der Waals surface area (Å²) >= 11 is 3.22. The highest BCUT2D eigenvalue weighted by molar-refractivity contribution is 9.10. The number of rotatable bonds is 4. The highest BCUT2D eigenvalue weighted by Gasteiger charge is 2.19. The number of carbonyl (C=O) groups excluding carboxylic acids is 1. The Hall–Kier alpha value is -1.56. The second-order valence-corrected chi connectivity index (χ2v) is 4.37. The van der Waals surface area contributed by atoms with Gasteiger partial charge in [-0.15, -0.1) is 0 Å². The lowest BCUT2D eigenvalue weighted by atomic mass is 10.1. The van der Waals surface area contributed by atoms with Crippen molar-refractivity contribution >= 4 is 33.5 Å². The molecule has 0 aliphatic heterocycles. The number of halogens is 1. The lowest BCUT2D eigenvalue weighted by molar-refractivity contribution is -0.139. The molecule has 0 spiro atoms. The Labute approximate surface area is 107 Å². The zero-order valence-corrected chi connectivity index (χ0v) is 10.8. The van der Waals surface area contributed by atoms with Crippen molar-refractivity contribution in [3.05, 3.63) is 28.2 Å². The third-order valence-electron chi connectivity index (χ3n) is 2.25. The SMILES string of the molecule is CCC(NC(=O)c1cc(N)ccc1Br)C(=O)O. The van der Waals surface area contributed by atoms with E-state index >= 15 is 0 Å². The molecule has 0 aliphatic carbocycles. The fourth-order valence-corrected chi connectivity index (χ4v) is 1.72. The van der Waals surface area contributed by atoms with E-state index in [1.54, 1.807) is 19.1 Å². The summed E-state index contributed by atoms with van der Waals surface area (Å²) in [5, 5.41) is 11.3. The Kier molecular flexibility index (Phi) is 4.51. The highest BCUT2D eigenvalue weighted by atomic mass is 79.9. The second kappa shape index (κ2) is 5.67. The van der Waals surface area contributed by atoms with E-state index in [1.165, 1.54) is 6.07 Å². The van der Waals surface area contributed by atoms with Crippen LogP contribution in [-0.2, 0) is 4.79 Å². The number of nitrogen functional groups attached to an aromatic ring is 1. The number of amides is 1. The number of anilines is 1. The van der Waals surface area contributed by atoms with E-state index in [-0.39, 0.29) is 0 Å². The second-order valence-electron chi connectivity index (χ2n) is 3.51. The van der Waals surface area contributed by atoms with Crippen LogP contribution in [0, 0.1) is 0 Å². The zero-order valence-electron chi connectivity index (χ0n) is 9.24. The first-order chi connectivity index (χ1) is 7.95. The van der Waals surface area contributed by atoms with E-state index in [9.17, 15) is 9.59 Å². The van der Waals surface area contributed by atoms with Gasteiger partial charge in [0.15, 0.2) is 0 Å². The smallest absolute Gasteiger partial charge is 0.326 e. The fraction of sp³-hybridized carbons (Fsp3) is 0.273. The van der Waals surface area contributed by atoms with E-state index in [0.29, 0.717) is 22.1 Å². The Bertz CT molecular complexity index is 448. The molecule has 0 radical (unpaired) electrons. The fourth-order valence-electron chi connectivity index (χ4n) is 1.29. The first-order valence-electron chi connectivity index (χ1n) is 5.04. The van der Waals surface area contributed by atoms with Crippen molar-refractivity contribution in [3.63, 3.8) is 0 Å². The molecule has 0 fully saturated rings. The predicted molar refractivity (Wildman–Crippen MR) is 67.7 cm³/mol. The van der Waals surface area contributed by atoms with Crippen LogP contribution >= 0.6 is 15.9 Å². The summed E-state index contributed by atoms with van der Waals surface area (Å²) in [5.74, 6) is -1.51. The van der Waals surface area contributed by atoms with Crippen molar-refractivity contribution < 1.29 is 14.7 Å². The maximum atomic E-state index is 11.8. The maximum absolute atomic E-state index is 11.8. The van der Waals surface area contributed by atoms with Gasteiger partial charge in [-0.3, -0.25) is 4.79 Å². The summed E-state index contributed by atoms with van der Waals surface area (Å²) in [4.78, 5) is 22.6. The molecule has 1 amide bonds. The molecule has 0 heterocycles. The predicted octanol–water partition coefficient (Wildman–Crippen LogP) is 1.62. The van der Waals surface area contributed by atoms with Crippen molar-refractivity contribution in [2.45, 2.75) is 19.4 Å². The molecular weight excluding hydrogens is 288 g/mol. The van der Waals surface area contributed by atoms with Crippen LogP contribution in [0.15, 0.2) is 22.7 Å². The molecule has 0 saturated carbocycles. The van der Waals surface area contributed by atoms with Crippen molar-refractivity contribution in [3.8, 4) is 0 Å². The third-order valence-corrected chi connectivity index (χ3v) is 2.94. The first kappa shape index (κ1) is 13.5. The molecule has 1 aromatic rings. The van der Waals surface area contributed by atoms with Crippen LogP contribution in [0.5, 0.6) is 0 Å². The minimum Gasteiger partial charge on any atom is -0.480 e. The van der Waals surface area contributed by atoms with E-state index < -0.39 is 17.9 Å². The molecule has 0 aromatic heterocycles. The van der Waals surface area contributed by atoms with Crippen LogP contribution in [0.25, 0.3) is 0 Å². The van der Waals surface area contributed by atoms with E-state index in [1.807, 2.05) is 0 Å². The normalized spacial score (nSPS) is 11.9. The Balaban J connectivity index is 2.89. The Morgan fingerprint density at radius 1 is 1.53 bits per heavy atom. The van der Waals surface area contributed by atoms with Crippen molar-refractivity contribution in [1.82, 2.24) is 5.32 Å². The monoisotopic (exact) mass is 300 g/mol. The molecular formula is C11H13BrN2O3. The van der Waals surface area contributed by atoms with Gasteiger partial charge in [0.2, 0.25) is 0 Å². The topological polar surface area (TPSA) is 92.4 Å².